The lowest BCUT2D eigenvalue weighted by atomic mass is 10.0. The third-order valence-corrected chi connectivity index (χ3v) is 4.00. The van der Waals surface area contributed by atoms with Gasteiger partial charge in [0.05, 0.1) is 6.04 Å². The summed E-state index contributed by atoms with van der Waals surface area (Å²) < 4.78 is 0. The fourth-order valence-corrected chi connectivity index (χ4v) is 2.18. The van der Waals surface area contributed by atoms with E-state index in [1.165, 1.54) is 20.9 Å². The van der Waals surface area contributed by atoms with Gasteiger partial charge in [0.15, 0.2) is 0 Å². The molecular weight excluding hydrogens is 315 g/mol. The average molecular weight is 333 g/mol. The summed E-state index contributed by atoms with van der Waals surface area (Å²) in [7, 11) is 1.43. The second-order valence-electron chi connectivity index (χ2n) is 5.26. The molecule has 7 heteroatoms. The number of hydrogen-bond acceptors (Lipinski definition) is 2. The Morgan fingerprint density at radius 3 is 2.38 bits per heavy atom. The molecule has 0 aromatic heterocycles. The van der Waals surface area contributed by atoms with Crippen molar-refractivity contribution in [2.45, 2.75) is 32.4 Å². The Morgan fingerprint density at radius 1 is 1.33 bits per heavy atom. The van der Waals surface area contributed by atoms with Crippen LogP contribution in [0.25, 0.3) is 0 Å². The van der Waals surface area contributed by atoms with Gasteiger partial charge in [-0.25, -0.2) is 9.59 Å². The molecule has 1 atom stereocenters. The molecule has 2 N–H and O–H groups in total. The van der Waals surface area contributed by atoms with E-state index in [1.54, 1.807) is 25.1 Å². The van der Waals surface area contributed by atoms with Crippen LogP contribution in [0.15, 0.2) is 18.2 Å². The van der Waals surface area contributed by atoms with Gasteiger partial charge in [0.25, 0.3) is 0 Å². The lowest BCUT2D eigenvalue weighted by Crippen LogP contribution is -2.54. The number of carbonyl (C=O) groups excluding carboxylic acids is 1. The molecule has 1 unspecified atom stereocenters. The Labute approximate surface area is 133 Å². The zero-order chi connectivity index (χ0) is 16.4. The summed E-state index contributed by atoms with van der Waals surface area (Å²) in [6, 6.07) is 4.11. The fourth-order valence-electron chi connectivity index (χ4n) is 1.61. The number of amides is 2. The number of hydrogen-bond donors (Lipinski definition) is 2. The van der Waals surface area contributed by atoms with Crippen molar-refractivity contribution in [1.29, 1.82) is 0 Å². The van der Waals surface area contributed by atoms with Crippen molar-refractivity contribution in [3.63, 3.8) is 0 Å². The molecule has 0 saturated heterocycles. The van der Waals surface area contributed by atoms with Crippen LogP contribution < -0.4 is 5.32 Å². The van der Waals surface area contributed by atoms with Crippen LogP contribution in [0.1, 0.15) is 32.4 Å². The van der Waals surface area contributed by atoms with Gasteiger partial charge >= 0.3 is 12.0 Å². The lowest BCUT2D eigenvalue weighted by Gasteiger charge is -2.32. The molecule has 0 radical (unpaired) electrons. The highest BCUT2D eigenvalue weighted by Crippen LogP contribution is 2.26. The Hall–Kier alpha value is -1.46. The predicted octanol–water partition coefficient (Wildman–Crippen LogP) is 3.56. The molecule has 0 aliphatic rings. The van der Waals surface area contributed by atoms with Gasteiger partial charge in [0.2, 0.25) is 0 Å². The van der Waals surface area contributed by atoms with E-state index in [2.05, 4.69) is 5.32 Å². The Morgan fingerprint density at radius 2 is 1.90 bits per heavy atom. The maximum Gasteiger partial charge on any atom is 0.329 e. The Bertz CT molecular complexity index is 561. The minimum atomic E-state index is -1.31. The van der Waals surface area contributed by atoms with Crippen molar-refractivity contribution in [2.24, 2.45) is 0 Å². The number of nitrogens with zero attached hydrogens (tertiary/aromatic N) is 1. The number of nitrogens with one attached hydrogen (secondary N) is 1. The van der Waals surface area contributed by atoms with Gasteiger partial charge in [-0.3, -0.25) is 0 Å². The number of halogens is 2. The fraction of sp³-hybridized carbons (Fsp3) is 0.429. The van der Waals surface area contributed by atoms with E-state index in [1.807, 2.05) is 0 Å². The first kappa shape index (κ1) is 17.6. The van der Waals surface area contributed by atoms with Crippen molar-refractivity contribution in [3.05, 3.63) is 33.8 Å². The first-order valence-corrected chi connectivity index (χ1v) is 7.05. The highest BCUT2D eigenvalue weighted by atomic mass is 35.5. The van der Waals surface area contributed by atoms with E-state index in [0.717, 1.165) is 4.90 Å². The van der Waals surface area contributed by atoms with Crippen molar-refractivity contribution in [2.75, 3.05) is 7.05 Å². The van der Waals surface area contributed by atoms with Crippen LogP contribution in [0.2, 0.25) is 10.0 Å². The maximum absolute atomic E-state index is 12.1. The topological polar surface area (TPSA) is 69.6 Å². The number of aliphatic carboxylic acids is 1. The summed E-state index contributed by atoms with van der Waals surface area (Å²) in [5, 5.41) is 12.8. The molecule has 0 fully saturated rings. The predicted molar refractivity (Wildman–Crippen MR) is 82.9 cm³/mol. The number of carbonyl (C=O) groups is 2. The van der Waals surface area contributed by atoms with E-state index < -0.39 is 17.5 Å². The molecule has 0 aliphatic carbocycles. The molecule has 0 bridgehead atoms. The number of benzene rings is 1. The lowest BCUT2D eigenvalue weighted by molar-refractivity contribution is -0.146. The van der Waals surface area contributed by atoms with Gasteiger partial charge in [-0.15, -0.1) is 0 Å². The van der Waals surface area contributed by atoms with Crippen molar-refractivity contribution >= 4 is 35.2 Å². The first-order chi connectivity index (χ1) is 9.57. The number of rotatable bonds is 4. The molecule has 0 spiro atoms. The summed E-state index contributed by atoms with van der Waals surface area (Å²) in [6.45, 7) is 4.67. The molecule has 0 heterocycles. The van der Waals surface area contributed by atoms with Crippen LogP contribution in [0.4, 0.5) is 4.79 Å². The zero-order valence-electron chi connectivity index (χ0n) is 12.3. The molecule has 1 aromatic rings. The quantitative estimate of drug-likeness (QED) is 0.885. The maximum atomic E-state index is 12.1. The van der Waals surface area contributed by atoms with Crippen LogP contribution in [0.5, 0.6) is 0 Å². The number of likely N-dealkylation sites (N-methyl/N-ethyl adjacent to an activating group) is 1. The minimum absolute atomic E-state index is 0.380. The minimum Gasteiger partial charge on any atom is -0.480 e. The third kappa shape index (κ3) is 4.02. The Kier molecular flexibility index (Phi) is 5.48. The molecule has 0 saturated carbocycles. The monoisotopic (exact) mass is 332 g/mol. The van der Waals surface area contributed by atoms with Crippen LogP contribution in [-0.4, -0.2) is 34.6 Å². The normalized spacial score (nSPS) is 12.7. The van der Waals surface area contributed by atoms with E-state index in [0.29, 0.717) is 15.6 Å². The van der Waals surface area contributed by atoms with Gasteiger partial charge in [0.1, 0.15) is 5.54 Å². The second-order valence-corrected chi connectivity index (χ2v) is 6.10. The van der Waals surface area contributed by atoms with Gasteiger partial charge in [-0.1, -0.05) is 29.3 Å². The first-order valence-electron chi connectivity index (χ1n) is 6.30. The Balaban J connectivity index is 2.85. The molecule has 2 amide bonds. The van der Waals surface area contributed by atoms with E-state index >= 15 is 0 Å². The summed E-state index contributed by atoms with van der Waals surface area (Å²) >= 11 is 11.9. The van der Waals surface area contributed by atoms with Gasteiger partial charge in [-0.2, -0.15) is 0 Å². The number of carboxylic acids is 1. The van der Waals surface area contributed by atoms with Crippen LogP contribution in [0, 0.1) is 0 Å². The molecular formula is C14H18Cl2N2O3. The standard InChI is InChI=1S/C14H18Cl2N2O3/c1-8(10-6-5-9(15)7-11(10)16)17-13(21)18(4)14(2,3)12(19)20/h5-8H,1-4H3,(H,17,21)(H,19,20). The second kappa shape index (κ2) is 6.54. The van der Waals surface area contributed by atoms with Crippen LogP contribution in [-0.2, 0) is 4.79 Å². The third-order valence-electron chi connectivity index (χ3n) is 3.44. The molecule has 1 rings (SSSR count). The highest BCUT2D eigenvalue weighted by Gasteiger charge is 2.35. The molecule has 116 valence electrons. The largest absolute Gasteiger partial charge is 0.480 e. The molecule has 0 aliphatic heterocycles. The smallest absolute Gasteiger partial charge is 0.329 e. The molecule has 1 aromatic carbocycles. The van der Waals surface area contributed by atoms with Gasteiger partial charge < -0.3 is 15.3 Å². The van der Waals surface area contributed by atoms with Crippen LogP contribution in [0.3, 0.4) is 0 Å². The average Bonchev–Trinajstić information content (AvgIpc) is 2.37. The van der Waals surface area contributed by atoms with E-state index in [-0.39, 0.29) is 6.04 Å². The number of urea groups is 1. The van der Waals surface area contributed by atoms with Crippen molar-refractivity contribution in [3.8, 4) is 0 Å². The molecule has 21 heavy (non-hydrogen) atoms. The summed E-state index contributed by atoms with van der Waals surface area (Å²) in [6.07, 6.45) is 0. The highest BCUT2D eigenvalue weighted by molar-refractivity contribution is 6.35. The van der Waals surface area contributed by atoms with Gasteiger partial charge in [0, 0.05) is 17.1 Å². The summed E-state index contributed by atoms with van der Waals surface area (Å²) in [4.78, 5) is 24.4. The zero-order valence-corrected chi connectivity index (χ0v) is 13.8. The van der Waals surface area contributed by atoms with Crippen molar-refractivity contribution in [1.82, 2.24) is 10.2 Å². The number of carboxylic acid groups (broad SMARTS) is 1. The summed E-state index contributed by atoms with van der Waals surface area (Å²) in [5.74, 6) is -1.09. The SMILES string of the molecule is CC(NC(=O)N(C)C(C)(C)C(=O)O)c1ccc(Cl)cc1Cl. The van der Waals surface area contributed by atoms with E-state index in [9.17, 15) is 9.59 Å². The van der Waals surface area contributed by atoms with Crippen molar-refractivity contribution < 1.29 is 14.7 Å². The van der Waals surface area contributed by atoms with Gasteiger partial charge in [-0.05, 0) is 38.5 Å². The van der Waals surface area contributed by atoms with Crippen LogP contribution >= 0.6 is 23.2 Å². The summed E-state index contributed by atoms with van der Waals surface area (Å²) in [5.41, 5.74) is -0.607. The molecule has 5 nitrogen and oxygen atoms in total. The van der Waals surface area contributed by atoms with E-state index in [4.69, 9.17) is 28.3 Å².